The monoisotopic (exact) mass is 359 g/mol. The molecule has 26 heavy (non-hydrogen) atoms. The molecule has 0 radical (unpaired) electrons. The van der Waals surface area contributed by atoms with Gasteiger partial charge in [0, 0.05) is 6.20 Å². The zero-order valence-electron chi connectivity index (χ0n) is 14.8. The lowest BCUT2D eigenvalue weighted by Crippen LogP contribution is -2.44. The average molecular weight is 359 g/mol. The summed E-state index contributed by atoms with van der Waals surface area (Å²) in [5, 5.41) is 23.3. The molecule has 1 aromatic carbocycles. The number of benzene rings is 1. The second-order valence-electron chi connectivity index (χ2n) is 5.61. The van der Waals surface area contributed by atoms with E-state index in [9.17, 15) is 14.4 Å². The first-order valence-electron chi connectivity index (χ1n) is 7.98. The number of rotatable bonds is 8. The summed E-state index contributed by atoms with van der Waals surface area (Å²) in [5.74, 6) is -2.91. The van der Waals surface area contributed by atoms with E-state index in [0.717, 1.165) is 6.20 Å². The summed E-state index contributed by atoms with van der Waals surface area (Å²) in [6, 6.07) is 7.04. The Hall–Kier alpha value is -3.34. The van der Waals surface area contributed by atoms with Crippen molar-refractivity contribution in [3.8, 4) is 6.07 Å². The number of nitrogens with one attached hydrogen (secondary N) is 2. The van der Waals surface area contributed by atoms with Gasteiger partial charge < -0.3 is 20.5 Å². The fourth-order valence-corrected chi connectivity index (χ4v) is 2.03. The summed E-state index contributed by atoms with van der Waals surface area (Å²) in [6.07, 6.45) is 1.12. The number of hydrogen-bond acceptors (Lipinski definition) is 6. The third-order valence-corrected chi connectivity index (χ3v) is 3.38. The van der Waals surface area contributed by atoms with Gasteiger partial charge in [0.25, 0.3) is 5.91 Å². The van der Waals surface area contributed by atoms with Crippen molar-refractivity contribution in [3.63, 3.8) is 0 Å². The van der Waals surface area contributed by atoms with Crippen LogP contribution in [0.4, 0.5) is 5.69 Å². The van der Waals surface area contributed by atoms with E-state index in [4.69, 9.17) is 15.1 Å². The van der Waals surface area contributed by atoms with Crippen LogP contribution in [0.2, 0.25) is 0 Å². The van der Waals surface area contributed by atoms with E-state index in [1.807, 2.05) is 0 Å². The zero-order chi connectivity index (χ0) is 19.7. The van der Waals surface area contributed by atoms with Gasteiger partial charge in [0.15, 0.2) is 0 Å². The van der Waals surface area contributed by atoms with Gasteiger partial charge in [0.2, 0.25) is 0 Å². The number of ether oxygens (including phenoxy) is 1. The highest BCUT2D eigenvalue weighted by molar-refractivity contribution is 6.00. The Morgan fingerprint density at radius 3 is 2.50 bits per heavy atom. The van der Waals surface area contributed by atoms with E-state index in [1.165, 1.54) is 0 Å². The van der Waals surface area contributed by atoms with Gasteiger partial charge in [-0.25, -0.2) is 9.59 Å². The van der Waals surface area contributed by atoms with Crippen molar-refractivity contribution >= 4 is 23.5 Å². The second kappa shape index (κ2) is 9.84. The molecule has 1 amide bonds. The van der Waals surface area contributed by atoms with Crippen molar-refractivity contribution in [1.82, 2.24) is 5.32 Å². The van der Waals surface area contributed by atoms with Crippen LogP contribution in [0, 0.1) is 17.2 Å². The highest BCUT2D eigenvalue weighted by Crippen LogP contribution is 2.16. The lowest BCUT2D eigenvalue weighted by molar-refractivity contribution is -0.142. The summed E-state index contributed by atoms with van der Waals surface area (Å²) in [4.78, 5) is 35.2. The third kappa shape index (κ3) is 5.63. The molecule has 8 heteroatoms. The van der Waals surface area contributed by atoms with Crippen LogP contribution in [0.25, 0.3) is 0 Å². The highest BCUT2D eigenvalue weighted by atomic mass is 16.5. The Balaban J connectivity index is 2.98. The number of carboxylic acid groups (broad SMARTS) is 1. The molecular formula is C18H21N3O5. The van der Waals surface area contributed by atoms with Gasteiger partial charge >= 0.3 is 11.9 Å². The van der Waals surface area contributed by atoms with Gasteiger partial charge in [-0.05, 0) is 25.0 Å². The van der Waals surface area contributed by atoms with E-state index >= 15 is 0 Å². The summed E-state index contributed by atoms with van der Waals surface area (Å²) in [5.41, 5.74) is 0.273. The van der Waals surface area contributed by atoms with Crippen LogP contribution >= 0.6 is 0 Å². The van der Waals surface area contributed by atoms with Crippen LogP contribution in [0.15, 0.2) is 36.0 Å². The maximum Gasteiger partial charge on any atom is 0.340 e. The van der Waals surface area contributed by atoms with Crippen LogP contribution in [0.1, 0.15) is 31.1 Å². The SMILES string of the molecule is CCOC(=O)c1ccccc1N/C=C(/C#N)C(=O)NC(C(=O)O)C(C)C. The predicted octanol–water partition coefficient (Wildman–Crippen LogP) is 1.91. The highest BCUT2D eigenvalue weighted by Gasteiger charge is 2.25. The number of para-hydroxylation sites is 1. The molecule has 0 fully saturated rings. The van der Waals surface area contributed by atoms with Crippen molar-refractivity contribution in [2.75, 3.05) is 11.9 Å². The van der Waals surface area contributed by atoms with Gasteiger partial charge in [-0.3, -0.25) is 4.79 Å². The number of nitriles is 1. The molecule has 3 N–H and O–H groups in total. The average Bonchev–Trinajstić information content (AvgIpc) is 2.60. The first-order valence-corrected chi connectivity index (χ1v) is 7.98. The Kier molecular flexibility index (Phi) is 7.83. The van der Waals surface area contributed by atoms with Gasteiger partial charge in [-0.1, -0.05) is 26.0 Å². The topological polar surface area (TPSA) is 129 Å². The lowest BCUT2D eigenvalue weighted by Gasteiger charge is -2.17. The first kappa shape index (κ1) is 20.7. The maximum atomic E-state index is 12.1. The molecule has 0 aliphatic heterocycles. The molecular weight excluding hydrogens is 338 g/mol. The molecule has 0 saturated carbocycles. The van der Waals surface area contributed by atoms with Crippen LogP contribution in [0.5, 0.6) is 0 Å². The van der Waals surface area contributed by atoms with E-state index in [2.05, 4.69) is 10.6 Å². The van der Waals surface area contributed by atoms with Gasteiger partial charge in [0.05, 0.1) is 17.9 Å². The minimum atomic E-state index is -1.19. The van der Waals surface area contributed by atoms with Crippen LogP contribution in [-0.4, -0.2) is 35.6 Å². The van der Waals surface area contributed by atoms with Gasteiger partial charge in [0.1, 0.15) is 17.7 Å². The summed E-state index contributed by atoms with van der Waals surface area (Å²) in [6.45, 7) is 5.17. The molecule has 0 aromatic heterocycles. The Labute approximate surface area is 151 Å². The fourth-order valence-electron chi connectivity index (χ4n) is 2.03. The number of carbonyl (C=O) groups excluding carboxylic acids is 2. The second-order valence-corrected chi connectivity index (χ2v) is 5.61. The fraction of sp³-hybridized carbons (Fsp3) is 0.333. The molecule has 0 heterocycles. The Morgan fingerprint density at radius 2 is 1.96 bits per heavy atom. The molecule has 1 unspecified atom stereocenters. The van der Waals surface area contributed by atoms with Crippen molar-refractivity contribution in [3.05, 3.63) is 41.6 Å². The van der Waals surface area contributed by atoms with Gasteiger partial charge in [-0.15, -0.1) is 0 Å². The number of amides is 1. The van der Waals surface area contributed by atoms with E-state index < -0.39 is 23.9 Å². The molecule has 1 aromatic rings. The predicted molar refractivity (Wildman–Crippen MR) is 94.1 cm³/mol. The molecule has 138 valence electrons. The standard InChI is InChI=1S/C18H21N3O5/c1-4-26-18(25)13-7-5-6-8-14(13)20-10-12(9-19)16(22)21-15(11(2)3)17(23)24/h5-8,10-11,15,20H,4H2,1-3H3,(H,21,22)(H,23,24)/b12-10-. The maximum absolute atomic E-state index is 12.1. The quantitative estimate of drug-likeness (QED) is 0.367. The Morgan fingerprint density at radius 1 is 1.31 bits per heavy atom. The molecule has 1 atom stereocenters. The smallest absolute Gasteiger partial charge is 0.340 e. The number of carbonyl (C=O) groups is 3. The minimum absolute atomic E-state index is 0.209. The first-order chi connectivity index (χ1) is 12.3. The zero-order valence-corrected chi connectivity index (χ0v) is 14.8. The number of esters is 1. The van der Waals surface area contributed by atoms with E-state index in [1.54, 1.807) is 51.1 Å². The van der Waals surface area contributed by atoms with Crippen LogP contribution < -0.4 is 10.6 Å². The third-order valence-electron chi connectivity index (χ3n) is 3.38. The largest absolute Gasteiger partial charge is 0.480 e. The minimum Gasteiger partial charge on any atom is -0.480 e. The van der Waals surface area contributed by atoms with Crippen molar-refractivity contribution < 1.29 is 24.2 Å². The summed E-state index contributed by atoms with van der Waals surface area (Å²) < 4.78 is 4.95. The molecule has 0 aliphatic carbocycles. The number of nitrogens with zero attached hydrogens (tertiary/aromatic N) is 1. The molecule has 8 nitrogen and oxygen atoms in total. The van der Waals surface area contributed by atoms with Gasteiger partial charge in [-0.2, -0.15) is 5.26 Å². The number of aliphatic carboxylic acids is 1. The molecule has 0 bridgehead atoms. The van der Waals surface area contributed by atoms with Crippen LogP contribution in [0.3, 0.4) is 0 Å². The van der Waals surface area contributed by atoms with Crippen molar-refractivity contribution in [2.45, 2.75) is 26.8 Å². The number of carboxylic acids is 1. The Bertz CT molecular complexity index is 749. The van der Waals surface area contributed by atoms with E-state index in [0.29, 0.717) is 5.69 Å². The summed E-state index contributed by atoms with van der Waals surface area (Å²) >= 11 is 0. The molecule has 0 aliphatic rings. The van der Waals surface area contributed by atoms with Crippen LogP contribution in [-0.2, 0) is 14.3 Å². The lowest BCUT2D eigenvalue weighted by atomic mass is 10.0. The van der Waals surface area contributed by atoms with E-state index in [-0.39, 0.29) is 23.7 Å². The molecule has 0 spiro atoms. The normalized spacial score (nSPS) is 12.0. The van der Waals surface area contributed by atoms with Crippen molar-refractivity contribution in [1.29, 1.82) is 5.26 Å². The molecule has 0 saturated heterocycles. The summed E-state index contributed by atoms with van der Waals surface area (Å²) in [7, 11) is 0. The molecule has 1 rings (SSSR count). The van der Waals surface area contributed by atoms with Crippen molar-refractivity contribution in [2.24, 2.45) is 5.92 Å². The number of anilines is 1. The number of hydrogen-bond donors (Lipinski definition) is 3.